The van der Waals surface area contributed by atoms with Crippen LogP contribution in [0.2, 0.25) is 0 Å². The van der Waals surface area contributed by atoms with Gasteiger partial charge in [-0.05, 0) is 12.8 Å². The predicted molar refractivity (Wildman–Crippen MR) is 62.7 cm³/mol. The van der Waals surface area contributed by atoms with E-state index in [2.05, 4.69) is 10.0 Å². The molecule has 0 aromatic carbocycles. The van der Waals surface area contributed by atoms with E-state index in [-0.39, 0.29) is 24.5 Å². The molecule has 100 valence electrons. The van der Waals surface area contributed by atoms with Gasteiger partial charge in [-0.1, -0.05) is 0 Å². The SMILES string of the molecule is O=CNCCCNS(=O)(=O)[C@H]1CCS(=O)(=O)C1. The van der Waals surface area contributed by atoms with E-state index in [0.717, 1.165) is 0 Å². The maximum Gasteiger partial charge on any atom is 0.215 e. The van der Waals surface area contributed by atoms with E-state index in [1.54, 1.807) is 0 Å². The van der Waals surface area contributed by atoms with Crippen LogP contribution in [-0.2, 0) is 24.7 Å². The molecule has 1 atom stereocenters. The van der Waals surface area contributed by atoms with Crippen molar-refractivity contribution in [2.75, 3.05) is 24.6 Å². The number of carbonyl (C=O) groups excluding carboxylic acids is 1. The van der Waals surface area contributed by atoms with Crippen LogP contribution in [0.5, 0.6) is 0 Å². The number of sulfonamides is 1. The molecule has 17 heavy (non-hydrogen) atoms. The molecule has 0 bridgehead atoms. The largest absolute Gasteiger partial charge is 0.359 e. The summed E-state index contributed by atoms with van der Waals surface area (Å²) in [6, 6.07) is 0. The first-order valence-corrected chi connectivity index (χ1v) is 8.60. The molecule has 0 aromatic heterocycles. The number of carbonyl (C=O) groups is 1. The van der Waals surface area contributed by atoms with Gasteiger partial charge in [0.05, 0.1) is 16.8 Å². The minimum absolute atomic E-state index is 0.0642. The van der Waals surface area contributed by atoms with Gasteiger partial charge >= 0.3 is 0 Å². The molecule has 1 saturated heterocycles. The van der Waals surface area contributed by atoms with Gasteiger partial charge in [0, 0.05) is 13.1 Å². The van der Waals surface area contributed by atoms with Crippen LogP contribution in [0.1, 0.15) is 12.8 Å². The quantitative estimate of drug-likeness (QED) is 0.425. The highest BCUT2D eigenvalue weighted by Crippen LogP contribution is 2.17. The zero-order chi connectivity index (χ0) is 12.9. The van der Waals surface area contributed by atoms with Crippen molar-refractivity contribution in [3.63, 3.8) is 0 Å². The van der Waals surface area contributed by atoms with Gasteiger partial charge in [0.1, 0.15) is 0 Å². The Balaban J connectivity index is 2.39. The van der Waals surface area contributed by atoms with Gasteiger partial charge in [0.15, 0.2) is 9.84 Å². The van der Waals surface area contributed by atoms with Crippen molar-refractivity contribution in [1.29, 1.82) is 0 Å². The smallest absolute Gasteiger partial charge is 0.215 e. The lowest BCUT2D eigenvalue weighted by atomic mass is 10.4. The zero-order valence-corrected chi connectivity index (χ0v) is 10.9. The fourth-order valence-electron chi connectivity index (χ4n) is 1.59. The van der Waals surface area contributed by atoms with Crippen LogP contribution in [-0.4, -0.2) is 53.1 Å². The van der Waals surface area contributed by atoms with Crippen molar-refractivity contribution in [1.82, 2.24) is 10.0 Å². The molecular weight excluding hydrogens is 268 g/mol. The number of hydrogen-bond donors (Lipinski definition) is 2. The molecule has 0 radical (unpaired) electrons. The third-order valence-electron chi connectivity index (χ3n) is 2.51. The molecule has 7 nitrogen and oxygen atoms in total. The van der Waals surface area contributed by atoms with E-state index in [9.17, 15) is 21.6 Å². The van der Waals surface area contributed by atoms with Crippen LogP contribution in [0, 0.1) is 0 Å². The molecule has 1 amide bonds. The van der Waals surface area contributed by atoms with Gasteiger partial charge in [-0.15, -0.1) is 0 Å². The van der Waals surface area contributed by atoms with Crippen molar-refractivity contribution in [2.24, 2.45) is 0 Å². The average molecular weight is 284 g/mol. The molecule has 1 fully saturated rings. The molecule has 0 unspecified atom stereocenters. The Bertz CT molecular complexity index is 456. The molecule has 0 saturated carbocycles. The normalized spacial score (nSPS) is 23.4. The summed E-state index contributed by atoms with van der Waals surface area (Å²) in [5, 5.41) is 1.56. The van der Waals surface area contributed by atoms with Gasteiger partial charge in [-0.3, -0.25) is 4.79 Å². The Morgan fingerprint density at radius 3 is 2.53 bits per heavy atom. The summed E-state index contributed by atoms with van der Waals surface area (Å²) >= 11 is 0. The van der Waals surface area contributed by atoms with Crippen molar-refractivity contribution in [3.05, 3.63) is 0 Å². The van der Waals surface area contributed by atoms with Crippen LogP contribution >= 0.6 is 0 Å². The summed E-state index contributed by atoms with van der Waals surface area (Å²) in [4.78, 5) is 9.93. The van der Waals surface area contributed by atoms with E-state index in [0.29, 0.717) is 19.4 Å². The minimum Gasteiger partial charge on any atom is -0.359 e. The van der Waals surface area contributed by atoms with Crippen LogP contribution in [0.15, 0.2) is 0 Å². The van der Waals surface area contributed by atoms with Gasteiger partial charge in [-0.25, -0.2) is 21.6 Å². The highest BCUT2D eigenvalue weighted by atomic mass is 32.2. The lowest BCUT2D eigenvalue weighted by Gasteiger charge is -2.10. The van der Waals surface area contributed by atoms with Crippen molar-refractivity contribution in [3.8, 4) is 0 Å². The first-order valence-electron chi connectivity index (χ1n) is 5.23. The number of hydrogen-bond acceptors (Lipinski definition) is 5. The van der Waals surface area contributed by atoms with Crippen LogP contribution in [0.3, 0.4) is 0 Å². The molecule has 1 heterocycles. The highest BCUT2D eigenvalue weighted by Gasteiger charge is 2.36. The molecule has 0 spiro atoms. The van der Waals surface area contributed by atoms with E-state index < -0.39 is 25.1 Å². The molecule has 9 heteroatoms. The van der Waals surface area contributed by atoms with Gasteiger partial charge in [-0.2, -0.15) is 0 Å². The van der Waals surface area contributed by atoms with Crippen LogP contribution < -0.4 is 10.0 Å². The number of nitrogens with one attached hydrogen (secondary N) is 2. The Kier molecular flexibility index (Phi) is 4.90. The summed E-state index contributed by atoms with van der Waals surface area (Å²) in [5.74, 6) is -0.361. The molecular formula is C8H16N2O5S2. The highest BCUT2D eigenvalue weighted by molar-refractivity contribution is 7.95. The van der Waals surface area contributed by atoms with Crippen molar-refractivity contribution < 1.29 is 21.6 Å². The summed E-state index contributed by atoms with van der Waals surface area (Å²) < 4.78 is 48.0. The Labute approximate surface area is 101 Å². The first kappa shape index (κ1) is 14.4. The van der Waals surface area contributed by atoms with Crippen LogP contribution in [0.4, 0.5) is 0 Å². The monoisotopic (exact) mass is 284 g/mol. The van der Waals surface area contributed by atoms with Gasteiger partial charge < -0.3 is 5.32 Å². The summed E-state index contributed by atoms with van der Waals surface area (Å²) in [6.07, 6.45) is 1.17. The van der Waals surface area contributed by atoms with Gasteiger partial charge in [0.2, 0.25) is 16.4 Å². The van der Waals surface area contributed by atoms with E-state index in [1.807, 2.05) is 0 Å². The Hall–Kier alpha value is -0.670. The lowest BCUT2D eigenvalue weighted by molar-refractivity contribution is -0.109. The second-order valence-corrected chi connectivity index (χ2v) is 8.16. The number of amides is 1. The molecule has 1 aliphatic rings. The van der Waals surface area contributed by atoms with Gasteiger partial charge in [0.25, 0.3) is 0 Å². The Morgan fingerprint density at radius 2 is 2.00 bits per heavy atom. The lowest BCUT2D eigenvalue weighted by Crippen LogP contribution is -2.36. The summed E-state index contributed by atoms with van der Waals surface area (Å²) in [5.41, 5.74) is 0. The third kappa shape index (κ3) is 4.60. The van der Waals surface area contributed by atoms with E-state index in [4.69, 9.17) is 0 Å². The molecule has 0 aliphatic carbocycles. The second-order valence-electron chi connectivity index (χ2n) is 3.89. The second kappa shape index (κ2) is 5.78. The standard InChI is InChI=1S/C8H16N2O5S2/c11-7-9-3-1-4-10-17(14,15)8-2-5-16(12,13)6-8/h7-8,10H,1-6H2,(H,9,11)/t8-/m0/s1. The van der Waals surface area contributed by atoms with Crippen molar-refractivity contribution in [2.45, 2.75) is 18.1 Å². The topological polar surface area (TPSA) is 109 Å². The molecule has 1 aliphatic heterocycles. The minimum atomic E-state index is -3.56. The van der Waals surface area contributed by atoms with Crippen molar-refractivity contribution >= 4 is 26.3 Å². The molecule has 1 rings (SSSR count). The zero-order valence-electron chi connectivity index (χ0n) is 9.26. The third-order valence-corrected chi connectivity index (χ3v) is 6.38. The number of rotatable bonds is 7. The summed E-state index contributed by atoms with van der Waals surface area (Å²) in [7, 11) is -6.76. The molecule has 0 aromatic rings. The summed E-state index contributed by atoms with van der Waals surface area (Å²) in [6.45, 7) is 0.578. The first-order chi connectivity index (χ1) is 7.87. The van der Waals surface area contributed by atoms with E-state index in [1.165, 1.54) is 0 Å². The maximum atomic E-state index is 11.7. The van der Waals surface area contributed by atoms with E-state index >= 15 is 0 Å². The average Bonchev–Trinajstić information content (AvgIpc) is 2.59. The van der Waals surface area contributed by atoms with Crippen LogP contribution in [0.25, 0.3) is 0 Å². The fraction of sp³-hybridized carbons (Fsp3) is 0.875. The number of sulfone groups is 1. The predicted octanol–water partition coefficient (Wildman–Crippen LogP) is -1.77. The maximum absolute atomic E-state index is 11.7. The molecule has 2 N–H and O–H groups in total. The fourth-order valence-corrected chi connectivity index (χ4v) is 5.71. The Morgan fingerprint density at radius 1 is 1.29 bits per heavy atom.